The average Bonchev–Trinajstić information content (AvgIpc) is 2.46. The Bertz CT molecular complexity index is 419. The highest BCUT2D eigenvalue weighted by Crippen LogP contribution is 2.32. The highest BCUT2D eigenvalue weighted by molar-refractivity contribution is 7.99. The van der Waals surface area contributed by atoms with Gasteiger partial charge in [-0.15, -0.1) is 6.58 Å². The smallest absolute Gasteiger partial charge is 0.119 e. The third-order valence-electron chi connectivity index (χ3n) is 3.54. The molecule has 0 fully saturated rings. The van der Waals surface area contributed by atoms with E-state index in [0.29, 0.717) is 6.04 Å². The first kappa shape index (κ1) is 14.5. The second-order valence-electron chi connectivity index (χ2n) is 4.83. The topological polar surface area (TPSA) is 21.3 Å². The molecule has 0 aliphatic heterocycles. The lowest BCUT2D eigenvalue weighted by atomic mass is 9.87. The zero-order valence-corrected chi connectivity index (χ0v) is 12.5. The minimum atomic E-state index is 0.513. The predicted octanol–water partition coefficient (Wildman–Crippen LogP) is 3.58. The van der Waals surface area contributed by atoms with E-state index in [-0.39, 0.29) is 0 Å². The van der Waals surface area contributed by atoms with Crippen LogP contribution >= 0.6 is 11.8 Å². The molecule has 2 nitrogen and oxygen atoms in total. The van der Waals surface area contributed by atoms with E-state index in [1.807, 2.05) is 17.8 Å². The Morgan fingerprint density at radius 1 is 1.53 bits per heavy atom. The van der Waals surface area contributed by atoms with E-state index >= 15 is 0 Å². The summed E-state index contributed by atoms with van der Waals surface area (Å²) in [5.41, 5.74) is 2.91. The van der Waals surface area contributed by atoms with Crippen LogP contribution < -0.4 is 10.1 Å². The van der Waals surface area contributed by atoms with E-state index in [4.69, 9.17) is 4.74 Å². The molecule has 1 aromatic rings. The summed E-state index contributed by atoms with van der Waals surface area (Å²) >= 11 is 1.93. The lowest BCUT2D eigenvalue weighted by molar-refractivity contribution is 0.411. The second-order valence-corrected chi connectivity index (χ2v) is 5.98. The van der Waals surface area contributed by atoms with Gasteiger partial charge in [-0.2, -0.15) is 11.8 Å². The van der Waals surface area contributed by atoms with Crippen LogP contribution in [0, 0.1) is 0 Å². The lowest BCUT2D eigenvalue weighted by Crippen LogP contribution is -2.27. The number of hydrogen-bond donors (Lipinski definition) is 1. The molecular formula is C16H23NOS. The molecule has 0 saturated heterocycles. The van der Waals surface area contributed by atoms with Crippen LogP contribution in [0.3, 0.4) is 0 Å². The molecule has 0 spiro atoms. The predicted molar refractivity (Wildman–Crippen MR) is 84.2 cm³/mol. The zero-order valence-electron chi connectivity index (χ0n) is 11.7. The highest BCUT2D eigenvalue weighted by atomic mass is 32.2. The largest absolute Gasteiger partial charge is 0.497 e. The van der Waals surface area contributed by atoms with Crippen molar-refractivity contribution in [3.05, 3.63) is 42.0 Å². The quantitative estimate of drug-likeness (QED) is 0.608. The van der Waals surface area contributed by atoms with Gasteiger partial charge in [-0.05, 0) is 42.5 Å². The molecule has 1 aromatic carbocycles. The van der Waals surface area contributed by atoms with Gasteiger partial charge in [0.05, 0.1) is 7.11 Å². The standard InChI is InChI=1S/C16H23NOS/c1-3-10-19-11-9-17-16-6-4-5-13-12-14(18-2)7-8-15(13)16/h3,7-8,12,16-17H,1,4-6,9-11H2,2H3. The van der Waals surface area contributed by atoms with Crippen LogP contribution in [0.5, 0.6) is 5.75 Å². The van der Waals surface area contributed by atoms with E-state index < -0.39 is 0 Å². The number of nitrogens with one attached hydrogen (secondary N) is 1. The van der Waals surface area contributed by atoms with E-state index in [1.165, 1.54) is 30.4 Å². The minimum Gasteiger partial charge on any atom is -0.497 e. The van der Waals surface area contributed by atoms with Gasteiger partial charge in [-0.25, -0.2) is 0 Å². The summed E-state index contributed by atoms with van der Waals surface area (Å²) in [6.45, 7) is 4.81. The number of methoxy groups -OCH3 is 1. The molecule has 2 rings (SSSR count). The number of hydrogen-bond acceptors (Lipinski definition) is 3. The van der Waals surface area contributed by atoms with Gasteiger partial charge < -0.3 is 10.1 Å². The van der Waals surface area contributed by atoms with Crippen LogP contribution in [-0.4, -0.2) is 25.2 Å². The van der Waals surface area contributed by atoms with Crippen molar-refractivity contribution in [2.45, 2.75) is 25.3 Å². The van der Waals surface area contributed by atoms with Crippen molar-refractivity contribution >= 4 is 11.8 Å². The van der Waals surface area contributed by atoms with Crippen LogP contribution in [0.1, 0.15) is 30.0 Å². The fourth-order valence-corrected chi connectivity index (χ4v) is 3.20. The van der Waals surface area contributed by atoms with Crippen LogP contribution in [0.25, 0.3) is 0 Å². The Hall–Kier alpha value is -0.930. The molecule has 19 heavy (non-hydrogen) atoms. The van der Waals surface area contributed by atoms with Gasteiger partial charge in [0.1, 0.15) is 5.75 Å². The molecular weight excluding hydrogens is 254 g/mol. The Balaban J connectivity index is 1.92. The first-order chi connectivity index (χ1) is 9.35. The highest BCUT2D eigenvalue weighted by Gasteiger charge is 2.19. The Morgan fingerprint density at radius 3 is 3.21 bits per heavy atom. The van der Waals surface area contributed by atoms with E-state index in [1.54, 1.807) is 7.11 Å². The Morgan fingerprint density at radius 2 is 2.42 bits per heavy atom. The first-order valence-electron chi connectivity index (χ1n) is 6.94. The Kier molecular flexibility index (Phi) is 5.80. The number of aryl methyl sites for hydroxylation is 1. The maximum Gasteiger partial charge on any atom is 0.119 e. The first-order valence-corrected chi connectivity index (χ1v) is 8.09. The number of thioether (sulfide) groups is 1. The lowest BCUT2D eigenvalue weighted by Gasteiger charge is -2.27. The van der Waals surface area contributed by atoms with Crippen LogP contribution in [0.2, 0.25) is 0 Å². The van der Waals surface area contributed by atoms with Gasteiger partial charge in [0.2, 0.25) is 0 Å². The molecule has 3 heteroatoms. The normalized spacial score (nSPS) is 17.8. The minimum absolute atomic E-state index is 0.513. The van der Waals surface area contributed by atoms with Crippen molar-refractivity contribution in [2.75, 3.05) is 25.2 Å². The number of fused-ring (bicyclic) bond motifs is 1. The summed E-state index contributed by atoms with van der Waals surface area (Å²) in [6, 6.07) is 7.00. The SMILES string of the molecule is C=CCSCCNC1CCCc2cc(OC)ccc21. The molecule has 0 radical (unpaired) electrons. The maximum atomic E-state index is 5.31. The van der Waals surface area contributed by atoms with Crippen molar-refractivity contribution in [1.29, 1.82) is 0 Å². The van der Waals surface area contributed by atoms with Crippen molar-refractivity contribution in [3.8, 4) is 5.75 Å². The van der Waals surface area contributed by atoms with Gasteiger partial charge >= 0.3 is 0 Å². The van der Waals surface area contributed by atoms with Crippen LogP contribution in [-0.2, 0) is 6.42 Å². The summed E-state index contributed by atoms with van der Waals surface area (Å²) in [7, 11) is 1.73. The van der Waals surface area contributed by atoms with E-state index in [9.17, 15) is 0 Å². The van der Waals surface area contributed by atoms with Gasteiger partial charge in [-0.1, -0.05) is 12.1 Å². The van der Waals surface area contributed by atoms with Crippen molar-refractivity contribution in [3.63, 3.8) is 0 Å². The third-order valence-corrected chi connectivity index (χ3v) is 4.50. The summed E-state index contributed by atoms with van der Waals surface area (Å²) in [5, 5.41) is 3.68. The number of rotatable bonds is 7. The van der Waals surface area contributed by atoms with Crippen LogP contribution in [0.4, 0.5) is 0 Å². The summed E-state index contributed by atoms with van der Waals surface area (Å²) < 4.78 is 5.31. The summed E-state index contributed by atoms with van der Waals surface area (Å²) in [4.78, 5) is 0. The molecule has 0 amide bonds. The fourth-order valence-electron chi connectivity index (χ4n) is 2.60. The summed E-state index contributed by atoms with van der Waals surface area (Å²) in [5.74, 6) is 3.16. The molecule has 1 unspecified atom stereocenters. The molecule has 0 heterocycles. The molecule has 1 atom stereocenters. The average molecular weight is 277 g/mol. The molecule has 1 aliphatic carbocycles. The van der Waals surface area contributed by atoms with Gasteiger partial charge in [0.25, 0.3) is 0 Å². The van der Waals surface area contributed by atoms with Crippen molar-refractivity contribution < 1.29 is 4.74 Å². The molecule has 0 saturated carbocycles. The van der Waals surface area contributed by atoms with Crippen molar-refractivity contribution in [1.82, 2.24) is 5.32 Å². The molecule has 0 bridgehead atoms. The van der Waals surface area contributed by atoms with Crippen LogP contribution in [0.15, 0.2) is 30.9 Å². The number of ether oxygens (including phenoxy) is 1. The van der Waals surface area contributed by atoms with Crippen molar-refractivity contribution in [2.24, 2.45) is 0 Å². The third kappa shape index (κ3) is 4.02. The monoisotopic (exact) mass is 277 g/mol. The van der Waals surface area contributed by atoms with Gasteiger partial charge in [0, 0.05) is 24.1 Å². The molecule has 1 aliphatic rings. The van der Waals surface area contributed by atoms with Gasteiger partial charge in [-0.3, -0.25) is 0 Å². The summed E-state index contributed by atoms with van der Waals surface area (Å²) in [6.07, 6.45) is 5.64. The van der Waals surface area contributed by atoms with E-state index in [2.05, 4.69) is 30.1 Å². The van der Waals surface area contributed by atoms with Gasteiger partial charge in [0.15, 0.2) is 0 Å². The van der Waals surface area contributed by atoms with E-state index in [0.717, 1.165) is 23.8 Å². The molecule has 104 valence electrons. The Labute approximate surface area is 120 Å². The fraction of sp³-hybridized carbons (Fsp3) is 0.500. The zero-order chi connectivity index (χ0) is 13.5. The molecule has 1 N–H and O–H groups in total. The second kappa shape index (κ2) is 7.61. The maximum absolute atomic E-state index is 5.31. The number of benzene rings is 1. The molecule has 0 aromatic heterocycles.